The highest BCUT2D eigenvalue weighted by Crippen LogP contribution is 2.27. The Bertz CT molecular complexity index is 527. The van der Waals surface area contributed by atoms with Gasteiger partial charge in [0.1, 0.15) is 5.82 Å². The number of nitrogens with one attached hydrogen (secondary N) is 1. The number of halogens is 2. The maximum atomic E-state index is 14.3. The summed E-state index contributed by atoms with van der Waals surface area (Å²) < 4.78 is 14.8. The maximum absolute atomic E-state index is 14.3. The van der Waals surface area contributed by atoms with E-state index < -0.39 is 0 Å². The zero-order chi connectivity index (χ0) is 14.4. The largest absolute Gasteiger partial charge is 0.310 e. The quantitative estimate of drug-likeness (QED) is 0.708. The Balaban J connectivity index is 2.11. The molecule has 0 radical (unpaired) electrons. The van der Waals surface area contributed by atoms with E-state index in [2.05, 4.69) is 45.7 Å². The molecule has 4 heteroatoms. The van der Waals surface area contributed by atoms with E-state index in [1.807, 2.05) is 12.1 Å². The van der Waals surface area contributed by atoms with Crippen molar-refractivity contribution in [1.29, 1.82) is 0 Å². The van der Waals surface area contributed by atoms with Crippen LogP contribution >= 0.6 is 27.3 Å². The smallest absolute Gasteiger partial charge is 0.142 e. The van der Waals surface area contributed by atoms with E-state index in [9.17, 15) is 4.39 Å². The fourth-order valence-corrected chi connectivity index (χ4v) is 3.32. The van der Waals surface area contributed by atoms with Crippen molar-refractivity contribution in [3.63, 3.8) is 0 Å². The Hall–Kier alpha value is -0.710. The second-order valence-electron chi connectivity index (χ2n) is 4.77. The van der Waals surface area contributed by atoms with Crippen LogP contribution in [-0.2, 0) is 6.42 Å². The summed E-state index contributed by atoms with van der Waals surface area (Å²) in [5.74, 6) is -0.146. The molecule has 0 aliphatic heterocycles. The fraction of sp³-hybridized carbons (Fsp3) is 0.375. The molecule has 20 heavy (non-hydrogen) atoms. The van der Waals surface area contributed by atoms with Crippen LogP contribution in [0.1, 0.15) is 36.2 Å². The summed E-state index contributed by atoms with van der Waals surface area (Å²) in [7, 11) is 0. The summed E-state index contributed by atoms with van der Waals surface area (Å²) in [5.41, 5.74) is 0.754. The maximum Gasteiger partial charge on any atom is 0.142 e. The van der Waals surface area contributed by atoms with Crippen LogP contribution in [0.25, 0.3) is 0 Å². The third kappa shape index (κ3) is 4.14. The number of hydrogen-bond acceptors (Lipinski definition) is 2. The molecule has 0 saturated carbocycles. The molecular formula is C16H19BrFNS. The Kier molecular flexibility index (Phi) is 6.20. The Morgan fingerprint density at radius 1 is 1.30 bits per heavy atom. The number of thiophene rings is 1. The molecule has 108 valence electrons. The highest BCUT2D eigenvalue weighted by Gasteiger charge is 2.16. The first-order valence-corrected chi connectivity index (χ1v) is 8.59. The van der Waals surface area contributed by atoms with Crippen LogP contribution in [-0.4, -0.2) is 6.54 Å². The normalized spacial score (nSPS) is 12.6. The SMILES string of the molecule is CCCNC(CCc1cccs1)c1cccc(Br)c1F. The van der Waals surface area contributed by atoms with Crippen molar-refractivity contribution >= 4 is 27.3 Å². The van der Waals surface area contributed by atoms with Gasteiger partial charge in [0.2, 0.25) is 0 Å². The predicted octanol–water partition coefficient (Wildman–Crippen LogP) is 5.32. The number of rotatable bonds is 7. The molecule has 1 aromatic heterocycles. The first kappa shape index (κ1) is 15.7. The van der Waals surface area contributed by atoms with E-state index in [4.69, 9.17) is 0 Å². The second kappa shape index (κ2) is 7.91. The molecule has 1 unspecified atom stereocenters. The predicted molar refractivity (Wildman–Crippen MR) is 87.8 cm³/mol. The molecule has 0 aliphatic rings. The molecule has 0 saturated heterocycles. The van der Waals surface area contributed by atoms with Gasteiger partial charge < -0.3 is 5.32 Å². The van der Waals surface area contributed by atoms with Gasteiger partial charge in [0, 0.05) is 16.5 Å². The zero-order valence-electron chi connectivity index (χ0n) is 11.5. The zero-order valence-corrected chi connectivity index (χ0v) is 13.9. The lowest BCUT2D eigenvalue weighted by Crippen LogP contribution is -2.23. The van der Waals surface area contributed by atoms with Gasteiger partial charge in [0.25, 0.3) is 0 Å². The summed E-state index contributed by atoms with van der Waals surface area (Å²) >= 11 is 5.03. The molecule has 0 bridgehead atoms. The average Bonchev–Trinajstić information content (AvgIpc) is 2.96. The van der Waals surface area contributed by atoms with Crippen molar-refractivity contribution in [3.8, 4) is 0 Å². The van der Waals surface area contributed by atoms with Crippen LogP contribution in [0.2, 0.25) is 0 Å². The van der Waals surface area contributed by atoms with Gasteiger partial charge in [0.05, 0.1) is 4.47 Å². The van der Waals surface area contributed by atoms with Crippen LogP contribution in [0.3, 0.4) is 0 Å². The standard InChI is InChI=1S/C16H19BrFNS/c1-2-10-19-15(9-8-12-5-4-11-20-12)13-6-3-7-14(17)16(13)18/h3-7,11,15,19H,2,8-10H2,1H3. The van der Waals surface area contributed by atoms with Crippen molar-refractivity contribution in [2.24, 2.45) is 0 Å². The van der Waals surface area contributed by atoms with Crippen LogP contribution in [0.4, 0.5) is 4.39 Å². The number of hydrogen-bond donors (Lipinski definition) is 1. The van der Waals surface area contributed by atoms with E-state index in [0.717, 1.165) is 31.4 Å². The molecule has 0 aliphatic carbocycles. The number of aryl methyl sites for hydroxylation is 1. The molecule has 1 aromatic carbocycles. The molecule has 1 heterocycles. The fourth-order valence-electron chi connectivity index (χ4n) is 2.22. The molecular weight excluding hydrogens is 337 g/mol. The van der Waals surface area contributed by atoms with Gasteiger partial charge in [-0.05, 0) is 59.2 Å². The van der Waals surface area contributed by atoms with E-state index in [-0.39, 0.29) is 11.9 Å². The van der Waals surface area contributed by atoms with Crippen molar-refractivity contribution in [1.82, 2.24) is 5.32 Å². The summed E-state index contributed by atoms with van der Waals surface area (Å²) in [4.78, 5) is 1.35. The summed E-state index contributed by atoms with van der Waals surface area (Å²) in [5, 5.41) is 5.55. The van der Waals surface area contributed by atoms with E-state index >= 15 is 0 Å². The van der Waals surface area contributed by atoms with Gasteiger partial charge in [-0.25, -0.2) is 4.39 Å². The topological polar surface area (TPSA) is 12.0 Å². The minimum absolute atomic E-state index is 0.0644. The molecule has 1 nitrogen and oxygen atoms in total. The molecule has 0 amide bonds. The second-order valence-corrected chi connectivity index (χ2v) is 6.65. The highest BCUT2D eigenvalue weighted by molar-refractivity contribution is 9.10. The van der Waals surface area contributed by atoms with Gasteiger partial charge in [0.15, 0.2) is 0 Å². The van der Waals surface area contributed by atoms with Crippen LogP contribution in [0.5, 0.6) is 0 Å². The lowest BCUT2D eigenvalue weighted by atomic mass is 10.0. The Morgan fingerprint density at radius 3 is 2.85 bits per heavy atom. The van der Waals surface area contributed by atoms with Crippen molar-refractivity contribution in [2.45, 2.75) is 32.2 Å². The van der Waals surface area contributed by atoms with Gasteiger partial charge in [-0.3, -0.25) is 0 Å². The Labute approximate surface area is 132 Å². The van der Waals surface area contributed by atoms with E-state index in [0.29, 0.717) is 4.47 Å². The van der Waals surface area contributed by atoms with Gasteiger partial charge >= 0.3 is 0 Å². The summed E-state index contributed by atoms with van der Waals surface area (Å²) in [6.45, 7) is 3.03. The molecule has 1 N–H and O–H groups in total. The highest BCUT2D eigenvalue weighted by atomic mass is 79.9. The van der Waals surface area contributed by atoms with Crippen LogP contribution in [0, 0.1) is 5.82 Å². The first-order chi connectivity index (χ1) is 9.72. The average molecular weight is 356 g/mol. The molecule has 1 atom stereocenters. The molecule has 0 spiro atoms. The van der Waals surface area contributed by atoms with Gasteiger partial charge in [-0.2, -0.15) is 0 Å². The third-order valence-electron chi connectivity index (χ3n) is 3.26. The number of benzene rings is 1. The third-order valence-corrected chi connectivity index (χ3v) is 4.81. The van der Waals surface area contributed by atoms with Crippen molar-refractivity contribution in [3.05, 3.63) is 56.4 Å². The summed E-state index contributed by atoms with van der Waals surface area (Å²) in [6, 6.07) is 9.78. The molecule has 0 fully saturated rings. The van der Waals surface area contributed by atoms with Crippen molar-refractivity contribution in [2.75, 3.05) is 6.54 Å². The summed E-state index contributed by atoms with van der Waals surface area (Å²) in [6.07, 6.45) is 2.93. The minimum atomic E-state index is -0.146. The first-order valence-electron chi connectivity index (χ1n) is 6.92. The lowest BCUT2D eigenvalue weighted by molar-refractivity contribution is 0.473. The van der Waals surface area contributed by atoms with Gasteiger partial charge in [-0.15, -0.1) is 11.3 Å². The van der Waals surface area contributed by atoms with E-state index in [1.165, 1.54) is 4.88 Å². The molecule has 2 aromatic rings. The van der Waals surface area contributed by atoms with Crippen LogP contribution in [0.15, 0.2) is 40.2 Å². The van der Waals surface area contributed by atoms with Crippen LogP contribution < -0.4 is 5.32 Å². The minimum Gasteiger partial charge on any atom is -0.310 e. The van der Waals surface area contributed by atoms with Gasteiger partial charge in [-0.1, -0.05) is 25.1 Å². The lowest BCUT2D eigenvalue weighted by Gasteiger charge is -2.20. The Morgan fingerprint density at radius 2 is 2.15 bits per heavy atom. The molecule has 2 rings (SSSR count). The van der Waals surface area contributed by atoms with Crippen molar-refractivity contribution < 1.29 is 4.39 Å². The monoisotopic (exact) mass is 355 g/mol. The van der Waals surface area contributed by atoms with E-state index in [1.54, 1.807) is 17.4 Å².